The van der Waals surface area contributed by atoms with Crippen molar-refractivity contribution in [3.63, 3.8) is 0 Å². The third-order valence-electron chi connectivity index (χ3n) is 6.74. The molecule has 0 bridgehead atoms. The summed E-state index contributed by atoms with van der Waals surface area (Å²) < 4.78 is 13.7. The van der Waals surface area contributed by atoms with Gasteiger partial charge in [-0.3, -0.25) is 9.88 Å². The Morgan fingerprint density at radius 1 is 1.14 bits per heavy atom. The molecule has 4 heterocycles. The molecule has 4 rings (SSSR count). The number of unbranched alkanes of at least 4 members (excludes halogenated alkanes) is 1. The number of hydrogen-bond acceptors (Lipinski definition) is 8. The first-order chi connectivity index (χ1) is 17.7. The molecule has 0 amide bonds. The van der Waals surface area contributed by atoms with Gasteiger partial charge in [-0.15, -0.1) is 0 Å². The number of aromatic nitrogens is 4. The molecule has 1 fully saturated rings. The van der Waals surface area contributed by atoms with Crippen molar-refractivity contribution in [2.45, 2.75) is 77.7 Å². The van der Waals surface area contributed by atoms with E-state index >= 15 is 0 Å². The van der Waals surface area contributed by atoms with Gasteiger partial charge in [-0.05, 0) is 44.5 Å². The van der Waals surface area contributed by atoms with Gasteiger partial charge < -0.3 is 24.9 Å². The van der Waals surface area contributed by atoms with Crippen LogP contribution in [0.25, 0.3) is 11.0 Å². The number of nitrogens with two attached hydrogens (primary N) is 1. The highest BCUT2D eigenvalue weighted by Gasteiger charge is 2.23. The molecule has 1 aliphatic rings. The average Bonchev–Trinajstić information content (AvgIpc) is 3.50. The van der Waals surface area contributed by atoms with Gasteiger partial charge in [0.1, 0.15) is 23.9 Å². The molecular weight excluding hydrogens is 484 g/mol. The minimum Gasteiger partial charge on any atom is -0.463 e. The summed E-state index contributed by atoms with van der Waals surface area (Å²) in [5, 5.41) is 11.4. The number of ether oxygens (including phenoxy) is 2. The Bertz CT molecular complexity index is 1160. The summed E-state index contributed by atoms with van der Waals surface area (Å²) in [6, 6.07) is 5.24. The molecule has 3 aromatic rings. The number of nitrogens with zero attached hydrogens (tertiary/aromatic N) is 5. The van der Waals surface area contributed by atoms with Crippen molar-refractivity contribution in [1.82, 2.24) is 24.4 Å². The fraction of sp³-hybridized carbons (Fsp3) is 0.593. The summed E-state index contributed by atoms with van der Waals surface area (Å²) in [5.41, 5.74) is 9.94. The number of likely N-dealkylation sites (tertiary alicyclic amines) is 1. The van der Waals surface area contributed by atoms with Gasteiger partial charge in [0.15, 0.2) is 5.82 Å². The van der Waals surface area contributed by atoms with Crippen LogP contribution < -0.4 is 10.5 Å². The molecule has 202 valence electrons. The zero-order valence-electron chi connectivity index (χ0n) is 22.7. The number of rotatable bonds is 13. The van der Waals surface area contributed by atoms with Crippen molar-refractivity contribution >= 4 is 24.9 Å². The third kappa shape index (κ3) is 7.28. The monoisotopic (exact) mass is 526 g/mol. The van der Waals surface area contributed by atoms with E-state index in [0.29, 0.717) is 47.9 Å². The van der Waals surface area contributed by atoms with Gasteiger partial charge in [0.2, 0.25) is 0 Å². The molecule has 0 saturated carbocycles. The fourth-order valence-corrected chi connectivity index (χ4v) is 5.24. The molecule has 1 unspecified atom stereocenters. The highest BCUT2D eigenvalue weighted by atomic mass is 28.3. The topological polar surface area (TPSA) is 112 Å². The molecule has 0 spiro atoms. The van der Waals surface area contributed by atoms with Crippen molar-refractivity contribution < 1.29 is 14.6 Å². The maximum Gasteiger partial charge on any atom is 0.319 e. The molecule has 3 N–H and O–H groups in total. The zero-order chi connectivity index (χ0) is 26.4. The van der Waals surface area contributed by atoms with Crippen molar-refractivity contribution in [2.24, 2.45) is 0 Å². The molecule has 0 aromatic carbocycles. The van der Waals surface area contributed by atoms with Crippen LogP contribution in [-0.2, 0) is 18.0 Å². The van der Waals surface area contributed by atoms with Crippen molar-refractivity contribution in [3.05, 3.63) is 41.3 Å². The molecule has 9 nitrogen and oxygen atoms in total. The first-order valence-corrected chi connectivity index (χ1v) is 17.2. The Balaban J connectivity index is 1.60. The molecule has 10 heteroatoms. The second kappa shape index (κ2) is 12.3. The van der Waals surface area contributed by atoms with Crippen LogP contribution in [0, 0.1) is 0 Å². The lowest BCUT2D eigenvalue weighted by Crippen LogP contribution is -2.22. The predicted octanol–water partition coefficient (Wildman–Crippen LogP) is 4.58. The molecular formula is C27H42N6O3Si. The second-order valence-electron chi connectivity index (χ2n) is 11.2. The van der Waals surface area contributed by atoms with E-state index < -0.39 is 14.2 Å². The molecule has 0 aliphatic carbocycles. The van der Waals surface area contributed by atoms with Crippen LogP contribution in [0.2, 0.25) is 25.7 Å². The summed E-state index contributed by atoms with van der Waals surface area (Å²) in [7, 11) is -1.21. The van der Waals surface area contributed by atoms with E-state index in [4.69, 9.17) is 15.2 Å². The predicted molar refractivity (Wildman–Crippen MR) is 149 cm³/mol. The van der Waals surface area contributed by atoms with Gasteiger partial charge in [0.25, 0.3) is 0 Å². The van der Waals surface area contributed by atoms with E-state index in [0.717, 1.165) is 44.2 Å². The van der Waals surface area contributed by atoms with Gasteiger partial charge in [-0.1, -0.05) is 39.1 Å². The average molecular weight is 527 g/mol. The standard InChI is InChI=1S/C27H42N6O3Si/c1-5-6-13-36-27-30-23-22(18-33(24(23)26(28)31-27)19-35-14-15-37(2,3)4)25(34)20-9-10-21(29-16-20)17-32-11-7-8-12-32/h9-10,16,18,25,34H,5-8,11-15,17,19H2,1-4H3,(H2,28,30,31). The summed E-state index contributed by atoms with van der Waals surface area (Å²) in [4.78, 5) is 16.1. The van der Waals surface area contributed by atoms with Crippen LogP contribution in [-0.4, -0.2) is 63.9 Å². The van der Waals surface area contributed by atoms with Crippen LogP contribution in [0.5, 0.6) is 6.01 Å². The van der Waals surface area contributed by atoms with Gasteiger partial charge in [-0.2, -0.15) is 9.97 Å². The number of aliphatic hydroxyl groups is 1. The summed E-state index contributed by atoms with van der Waals surface area (Å²) in [5.74, 6) is 0.308. The number of pyridine rings is 1. The normalized spacial score (nSPS) is 15.5. The number of aliphatic hydroxyl groups excluding tert-OH is 1. The maximum absolute atomic E-state index is 11.4. The van der Waals surface area contributed by atoms with Gasteiger partial charge >= 0.3 is 6.01 Å². The SMILES string of the molecule is CCCCOc1nc(N)c2c(n1)c(C(O)c1ccc(CN3CCCC3)nc1)cn2COCC[Si](C)(C)C. The number of hydrogen-bond donors (Lipinski definition) is 2. The number of fused-ring (bicyclic) bond motifs is 1. The highest BCUT2D eigenvalue weighted by molar-refractivity contribution is 6.76. The van der Waals surface area contributed by atoms with E-state index in [1.54, 1.807) is 6.20 Å². The van der Waals surface area contributed by atoms with E-state index in [9.17, 15) is 5.11 Å². The van der Waals surface area contributed by atoms with Crippen molar-refractivity contribution in [2.75, 3.05) is 32.0 Å². The Hall–Kier alpha value is -2.53. The molecule has 0 radical (unpaired) electrons. The van der Waals surface area contributed by atoms with Crippen LogP contribution >= 0.6 is 0 Å². The van der Waals surface area contributed by atoms with Crippen LogP contribution in [0.4, 0.5) is 5.82 Å². The molecule has 37 heavy (non-hydrogen) atoms. The lowest BCUT2D eigenvalue weighted by molar-refractivity contribution is 0.0899. The first-order valence-electron chi connectivity index (χ1n) is 13.5. The Morgan fingerprint density at radius 3 is 2.59 bits per heavy atom. The largest absolute Gasteiger partial charge is 0.463 e. The van der Waals surface area contributed by atoms with E-state index in [1.807, 2.05) is 22.9 Å². The summed E-state index contributed by atoms with van der Waals surface area (Å²) in [6.45, 7) is 13.7. The fourth-order valence-electron chi connectivity index (χ4n) is 4.49. The minimum absolute atomic E-state index is 0.225. The van der Waals surface area contributed by atoms with Crippen LogP contribution in [0.15, 0.2) is 24.5 Å². The van der Waals surface area contributed by atoms with E-state index in [2.05, 4.69) is 46.4 Å². The molecule has 3 aromatic heterocycles. The highest BCUT2D eigenvalue weighted by Crippen LogP contribution is 2.33. The van der Waals surface area contributed by atoms with Crippen molar-refractivity contribution in [1.29, 1.82) is 0 Å². The first kappa shape index (κ1) is 27.5. The second-order valence-corrected chi connectivity index (χ2v) is 16.8. The van der Waals surface area contributed by atoms with Crippen LogP contribution in [0.1, 0.15) is 55.5 Å². The van der Waals surface area contributed by atoms with Gasteiger partial charge in [-0.25, -0.2) is 0 Å². The van der Waals surface area contributed by atoms with E-state index in [1.165, 1.54) is 12.8 Å². The molecule has 1 saturated heterocycles. The smallest absolute Gasteiger partial charge is 0.319 e. The summed E-state index contributed by atoms with van der Waals surface area (Å²) >= 11 is 0. The minimum atomic E-state index is -1.21. The number of nitrogen functional groups attached to an aromatic ring is 1. The maximum atomic E-state index is 11.4. The Labute approximate surface area is 221 Å². The Kier molecular flexibility index (Phi) is 9.17. The third-order valence-corrected chi connectivity index (χ3v) is 8.45. The van der Waals surface area contributed by atoms with Gasteiger partial charge in [0.05, 0.1) is 12.3 Å². The van der Waals surface area contributed by atoms with E-state index in [-0.39, 0.29) is 6.01 Å². The number of anilines is 1. The summed E-state index contributed by atoms with van der Waals surface area (Å²) in [6.07, 6.45) is 7.11. The zero-order valence-corrected chi connectivity index (χ0v) is 23.7. The Morgan fingerprint density at radius 2 is 1.92 bits per heavy atom. The van der Waals surface area contributed by atoms with Crippen molar-refractivity contribution in [3.8, 4) is 6.01 Å². The van der Waals surface area contributed by atoms with Crippen LogP contribution in [0.3, 0.4) is 0 Å². The van der Waals surface area contributed by atoms with Gasteiger partial charge in [0, 0.05) is 44.7 Å². The lowest BCUT2D eigenvalue weighted by atomic mass is 10.0. The quantitative estimate of drug-likeness (QED) is 0.246. The lowest BCUT2D eigenvalue weighted by Gasteiger charge is -2.16. The molecule has 1 atom stereocenters. The molecule has 1 aliphatic heterocycles.